The molecular weight excluding hydrogens is 456 g/mol. The summed E-state index contributed by atoms with van der Waals surface area (Å²) in [6.45, 7) is -1.11. The van der Waals surface area contributed by atoms with Crippen LogP contribution in [0.2, 0.25) is 0 Å². The molecule has 1 heterocycles. The number of carboxylic acids is 1. The number of H-pyrrole nitrogens is 1. The van der Waals surface area contributed by atoms with E-state index in [2.05, 4.69) is 9.72 Å². The van der Waals surface area contributed by atoms with Crippen LogP contribution in [0.3, 0.4) is 0 Å². The number of aromatic nitrogens is 1. The number of aromatic amines is 1. The fraction of sp³-hybridized carbons (Fsp3) is 0.318. The summed E-state index contributed by atoms with van der Waals surface area (Å²) in [6.07, 6.45) is -5.72. The maximum atomic E-state index is 13.7. The Morgan fingerprint density at radius 3 is 2.15 bits per heavy atom. The number of halogens is 6. The Bertz CT molecular complexity index is 1160. The van der Waals surface area contributed by atoms with Crippen molar-refractivity contribution in [3.63, 3.8) is 0 Å². The molecule has 4 rings (SSSR count). The van der Waals surface area contributed by atoms with Gasteiger partial charge < -0.3 is 19.6 Å². The lowest BCUT2D eigenvalue weighted by atomic mass is 9.80. The van der Waals surface area contributed by atoms with Crippen LogP contribution in [-0.2, 0) is 17.1 Å². The minimum atomic E-state index is -5.23. The molecule has 0 spiro atoms. The van der Waals surface area contributed by atoms with Crippen molar-refractivity contribution in [2.45, 2.75) is 37.5 Å². The highest BCUT2D eigenvalue weighted by molar-refractivity contribution is 5.85. The van der Waals surface area contributed by atoms with Crippen LogP contribution in [0.1, 0.15) is 41.9 Å². The van der Waals surface area contributed by atoms with Crippen molar-refractivity contribution in [1.82, 2.24) is 4.98 Å². The molecule has 176 valence electrons. The van der Waals surface area contributed by atoms with Crippen LogP contribution in [0.15, 0.2) is 36.5 Å². The van der Waals surface area contributed by atoms with Gasteiger partial charge in [0.25, 0.3) is 0 Å². The van der Waals surface area contributed by atoms with Gasteiger partial charge in [-0.2, -0.15) is 26.3 Å². The van der Waals surface area contributed by atoms with Crippen molar-refractivity contribution in [2.75, 3.05) is 6.61 Å². The van der Waals surface area contributed by atoms with Crippen LogP contribution >= 0.6 is 0 Å². The molecule has 0 amide bonds. The number of hydrogen-bond acceptors (Lipinski definition) is 3. The number of alkyl halides is 6. The average molecular weight is 473 g/mol. The van der Waals surface area contributed by atoms with Crippen LogP contribution < -0.4 is 9.47 Å². The quantitative estimate of drug-likeness (QED) is 0.390. The molecule has 0 atom stereocenters. The summed E-state index contributed by atoms with van der Waals surface area (Å²) in [4.78, 5) is 13.7. The molecule has 2 N–H and O–H groups in total. The Morgan fingerprint density at radius 2 is 1.64 bits per heavy atom. The lowest BCUT2D eigenvalue weighted by molar-refractivity contribution is -0.145. The third kappa shape index (κ3) is 4.71. The molecule has 2 aromatic carbocycles. The first kappa shape index (κ1) is 22.8. The second kappa shape index (κ2) is 8.20. The van der Waals surface area contributed by atoms with Crippen molar-refractivity contribution < 1.29 is 45.7 Å². The molecule has 0 unspecified atom stereocenters. The van der Waals surface area contributed by atoms with Gasteiger partial charge in [0.2, 0.25) is 0 Å². The summed E-state index contributed by atoms with van der Waals surface area (Å²) in [6, 6.07) is 4.80. The standard InChI is InChI=1S/C22H17F6NO4/c23-21(24,25)16-7-13(32-10-19(30)31)8-17(22(26,27)28)20(16)33-12-4-5-18-14(6-12)15(9-29-18)11-2-1-3-11/h4-9,11,29H,1-3,10H2,(H,30,31). The van der Waals surface area contributed by atoms with Gasteiger partial charge in [-0.3, -0.25) is 0 Å². The van der Waals surface area contributed by atoms with Crippen LogP contribution in [-0.4, -0.2) is 22.7 Å². The Hall–Kier alpha value is -3.37. The number of hydrogen-bond donors (Lipinski definition) is 2. The predicted molar refractivity (Wildman–Crippen MR) is 105 cm³/mol. The number of fused-ring (bicyclic) bond motifs is 1. The number of carbonyl (C=O) groups is 1. The van der Waals surface area contributed by atoms with Crippen LogP contribution in [0, 0.1) is 0 Å². The van der Waals surface area contributed by atoms with E-state index in [4.69, 9.17) is 9.84 Å². The molecule has 0 bridgehead atoms. The fourth-order valence-electron chi connectivity index (χ4n) is 3.72. The zero-order valence-electron chi connectivity index (χ0n) is 16.8. The molecule has 1 fully saturated rings. The van der Waals surface area contributed by atoms with Gasteiger partial charge in [0, 0.05) is 17.1 Å². The number of carboxylic acid groups (broad SMARTS) is 1. The predicted octanol–water partition coefficient (Wildman–Crippen LogP) is 6.73. The monoisotopic (exact) mass is 473 g/mol. The SMILES string of the molecule is O=C(O)COc1cc(C(F)(F)F)c(Oc2ccc3[nH]cc(C4CCC4)c3c2)c(C(F)(F)F)c1. The van der Waals surface area contributed by atoms with Gasteiger partial charge in [0.05, 0.1) is 0 Å². The number of aliphatic carboxylic acids is 1. The maximum absolute atomic E-state index is 13.7. The molecule has 0 radical (unpaired) electrons. The minimum Gasteiger partial charge on any atom is -0.482 e. The second-order valence-electron chi connectivity index (χ2n) is 7.71. The minimum absolute atomic E-state index is 0.196. The fourth-order valence-corrected chi connectivity index (χ4v) is 3.72. The number of rotatable bonds is 6. The first-order chi connectivity index (χ1) is 15.4. The average Bonchev–Trinajstić information content (AvgIpc) is 3.06. The van der Waals surface area contributed by atoms with E-state index in [1.807, 2.05) is 0 Å². The molecule has 1 aromatic heterocycles. The summed E-state index contributed by atoms with van der Waals surface area (Å²) in [7, 11) is 0. The highest BCUT2D eigenvalue weighted by Crippen LogP contribution is 2.48. The van der Waals surface area contributed by atoms with Crippen molar-refractivity contribution in [3.8, 4) is 17.2 Å². The molecular formula is C22H17F6NO4. The van der Waals surface area contributed by atoms with Gasteiger partial charge in [-0.05, 0) is 54.7 Å². The molecule has 5 nitrogen and oxygen atoms in total. The summed E-state index contributed by atoms with van der Waals surface area (Å²) in [5.41, 5.74) is -1.84. The van der Waals surface area contributed by atoms with E-state index < -0.39 is 47.6 Å². The summed E-state index contributed by atoms with van der Waals surface area (Å²) >= 11 is 0. The van der Waals surface area contributed by atoms with Gasteiger partial charge in [0.1, 0.15) is 22.6 Å². The summed E-state index contributed by atoms with van der Waals surface area (Å²) < 4.78 is 92.0. The lowest BCUT2D eigenvalue weighted by Gasteiger charge is -2.25. The topological polar surface area (TPSA) is 71.6 Å². The van der Waals surface area contributed by atoms with Gasteiger partial charge in [-0.15, -0.1) is 0 Å². The molecule has 1 aliphatic rings. The molecule has 1 saturated carbocycles. The largest absolute Gasteiger partial charge is 0.482 e. The Balaban J connectivity index is 1.81. The molecule has 1 aliphatic carbocycles. The normalized spacial score (nSPS) is 14.8. The Kier molecular flexibility index (Phi) is 5.67. The van der Waals surface area contributed by atoms with E-state index in [-0.39, 0.29) is 11.7 Å². The Labute approximate surface area is 182 Å². The zero-order valence-corrected chi connectivity index (χ0v) is 16.8. The van der Waals surface area contributed by atoms with Crippen molar-refractivity contribution in [1.29, 1.82) is 0 Å². The van der Waals surface area contributed by atoms with Gasteiger partial charge in [0.15, 0.2) is 12.4 Å². The number of ether oxygens (including phenoxy) is 2. The summed E-state index contributed by atoms with van der Waals surface area (Å²) in [5, 5.41) is 9.31. The second-order valence-corrected chi connectivity index (χ2v) is 7.71. The van der Waals surface area contributed by atoms with E-state index >= 15 is 0 Å². The molecule has 0 aliphatic heterocycles. The molecule has 11 heteroatoms. The number of benzene rings is 2. The third-order valence-corrected chi connectivity index (χ3v) is 5.49. The van der Waals surface area contributed by atoms with Gasteiger partial charge in [-0.25, -0.2) is 4.79 Å². The first-order valence-corrected chi connectivity index (χ1v) is 9.89. The third-order valence-electron chi connectivity index (χ3n) is 5.49. The summed E-state index contributed by atoms with van der Waals surface area (Å²) in [5.74, 6) is -3.80. The molecule has 3 aromatic rings. The van der Waals surface area contributed by atoms with Gasteiger partial charge in [-0.1, -0.05) is 6.42 Å². The van der Waals surface area contributed by atoms with Crippen molar-refractivity contribution in [2.24, 2.45) is 0 Å². The smallest absolute Gasteiger partial charge is 0.420 e. The molecule has 33 heavy (non-hydrogen) atoms. The highest BCUT2D eigenvalue weighted by Gasteiger charge is 2.43. The zero-order chi connectivity index (χ0) is 24.0. The lowest BCUT2D eigenvalue weighted by Crippen LogP contribution is -2.16. The van der Waals surface area contributed by atoms with E-state index in [0.717, 1.165) is 24.8 Å². The van der Waals surface area contributed by atoms with Crippen molar-refractivity contribution >= 4 is 16.9 Å². The first-order valence-electron chi connectivity index (χ1n) is 9.89. The van der Waals surface area contributed by atoms with E-state index in [0.29, 0.717) is 23.0 Å². The van der Waals surface area contributed by atoms with E-state index in [1.54, 1.807) is 6.20 Å². The molecule has 0 saturated heterocycles. The number of nitrogens with one attached hydrogen (secondary N) is 1. The van der Waals surface area contributed by atoms with Crippen LogP contribution in [0.4, 0.5) is 26.3 Å². The van der Waals surface area contributed by atoms with Gasteiger partial charge >= 0.3 is 18.3 Å². The Morgan fingerprint density at radius 1 is 1.00 bits per heavy atom. The van der Waals surface area contributed by atoms with Crippen LogP contribution in [0.5, 0.6) is 17.2 Å². The maximum Gasteiger partial charge on any atom is 0.420 e. The van der Waals surface area contributed by atoms with Crippen molar-refractivity contribution in [3.05, 3.63) is 53.2 Å². The van der Waals surface area contributed by atoms with Crippen LogP contribution in [0.25, 0.3) is 10.9 Å². The van der Waals surface area contributed by atoms with E-state index in [9.17, 15) is 31.1 Å². The van der Waals surface area contributed by atoms with E-state index in [1.165, 1.54) is 18.2 Å². The highest BCUT2D eigenvalue weighted by atomic mass is 19.4.